The van der Waals surface area contributed by atoms with E-state index in [9.17, 15) is 53.3 Å². The van der Waals surface area contributed by atoms with Crippen molar-refractivity contribution in [3.63, 3.8) is 0 Å². The predicted molar refractivity (Wildman–Crippen MR) is 219 cm³/mol. The van der Waals surface area contributed by atoms with E-state index in [1.165, 1.54) is 33.6 Å². The van der Waals surface area contributed by atoms with E-state index in [0.29, 0.717) is 12.8 Å². The van der Waals surface area contributed by atoms with Gasteiger partial charge in [0.15, 0.2) is 0 Å². The second-order valence-electron chi connectivity index (χ2n) is 13.9. The minimum absolute atomic E-state index is 0. The molecule has 0 heterocycles. The van der Waals surface area contributed by atoms with E-state index in [-0.39, 0.29) is 129 Å². The fourth-order valence-corrected chi connectivity index (χ4v) is 7.86. The third-order valence-corrected chi connectivity index (χ3v) is 12.3. The Kier molecular flexibility index (Phi) is 31.1. The molecule has 0 spiro atoms. The zero-order valence-corrected chi connectivity index (χ0v) is 46.7. The molecule has 3 aromatic rings. The number of quaternary nitrogens is 1. The molecule has 3 unspecified atom stereocenters. The molecule has 19 nitrogen and oxygen atoms in total. The SMILES string of the molecule is CCCCCCCCCCCC[N+](C(C)OC(=O)Oc1ccc(S(=O)(=O)O)cc1)(C(C)OC(=O)Oc1ccc(S(=O)(=O)O)cc1)C(C)OC(=O)Oc1ccc(S(=O)(=O)O)cc1.[Cl-].[H-].[H-].[H-].[Na+].[Na+].[Na+]. The molecule has 0 fully saturated rings. The van der Waals surface area contributed by atoms with Gasteiger partial charge in [0, 0.05) is 20.8 Å². The molecule has 0 amide bonds. The molecule has 3 atom stereocenters. The molecule has 0 saturated heterocycles. The second kappa shape index (κ2) is 30.8. The molecule has 0 aliphatic heterocycles. The third-order valence-electron chi connectivity index (χ3n) is 9.70. The number of carbonyl (C=O) groups excluding carboxylic acids is 3. The maximum atomic E-state index is 13.3. The Morgan fingerprint density at radius 2 is 0.708 bits per heavy atom. The van der Waals surface area contributed by atoms with Crippen LogP contribution in [0.4, 0.5) is 14.4 Å². The standard InChI is InChI=1S/C39H51NO18S3.ClH.3Na.3H/c1-5-6-7-8-9-10-11-12-13-14-27-40(28(2)53-37(41)56-31-15-21-34(22-16-31)59(44,45)46,29(3)54-38(42)57-32-17-23-35(24-18-32)60(47,48)49)30(4)55-39(43)58-33-19-25-36(26-20-33)61(50,51)52;;;;;;;/h15-26,28-30H,5-14,27H2,1-4H3,(H2-,44,45,46,47,48,49,50,51,52);1H;;;;;;/q;;3*+1;3*-1. The first-order valence-corrected chi connectivity index (χ1v) is 23.6. The van der Waals surface area contributed by atoms with Crippen LogP contribution in [0.2, 0.25) is 0 Å². The monoisotopic (exact) mass is 1030 g/mol. The summed E-state index contributed by atoms with van der Waals surface area (Å²) >= 11 is 0. The number of rotatable bonds is 23. The van der Waals surface area contributed by atoms with Gasteiger partial charge in [-0.1, -0.05) is 58.3 Å². The van der Waals surface area contributed by atoms with E-state index in [1.54, 1.807) is 0 Å². The van der Waals surface area contributed by atoms with Crippen molar-refractivity contribution in [1.82, 2.24) is 0 Å². The minimum atomic E-state index is -4.55. The maximum absolute atomic E-state index is 13.3. The first-order valence-electron chi connectivity index (χ1n) is 19.3. The quantitative estimate of drug-likeness (QED) is 0.0122. The molecule has 0 radical (unpaired) electrons. The van der Waals surface area contributed by atoms with E-state index in [2.05, 4.69) is 6.92 Å². The smallest absolute Gasteiger partial charge is 1.00 e. The number of hydrogen-bond acceptors (Lipinski definition) is 15. The number of halogens is 1. The Bertz CT molecular complexity index is 2040. The Hall–Kier alpha value is -1.55. The van der Waals surface area contributed by atoms with Crippen LogP contribution < -0.4 is 115 Å². The van der Waals surface area contributed by atoms with Crippen LogP contribution in [0.1, 0.15) is 96.2 Å². The van der Waals surface area contributed by atoms with Crippen LogP contribution in [0.3, 0.4) is 0 Å². The molecule has 0 bridgehead atoms. The summed E-state index contributed by atoms with van der Waals surface area (Å²) in [6.07, 6.45) is 1.53. The van der Waals surface area contributed by atoms with Crippen LogP contribution in [0.25, 0.3) is 0 Å². The van der Waals surface area contributed by atoms with E-state index in [1.807, 2.05) is 0 Å². The molecule has 3 rings (SSSR count). The Morgan fingerprint density at radius 3 is 0.938 bits per heavy atom. The van der Waals surface area contributed by atoms with Gasteiger partial charge in [0.05, 0.1) is 21.2 Å². The van der Waals surface area contributed by atoms with Gasteiger partial charge in [-0.25, -0.2) is 18.9 Å². The van der Waals surface area contributed by atoms with Gasteiger partial charge < -0.3 is 45.1 Å². The van der Waals surface area contributed by atoms with E-state index < -0.39 is 86.7 Å². The number of unbranched alkanes of at least 4 members (excludes halogenated alkanes) is 9. The van der Waals surface area contributed by atoms with Crippen molar-refractivity contribution in [2.75, 3.05) is 6.54 Å². The van der Waals surface area contributed by atoms with Gasteiger partial charge >= 0.3 is 107 Å². The van der Waals surface area contributed by atoms with Gasteiger partial charge in [-0.15, -0.1) is 0 Å². The van der Waals surface area contributed by atoms with Crippen LogP contribution in [0.5, 0.6) is 17.2 Å². The van der Waals surface area contributed by atoms with Gasteiger partial charge in [-0.3, -0.25) is 13.7 Å². The van der Waals surface area contributed by atoms with Crippen LogP contribution in [-0.2, 0) is 44.6 Å². The van der Waals surface area contributed by atoms with Crippen molar-refractivity contribution in [3.05, 3.63) is 72.8 Å². The van der Waals surface area contributed by atoms with E-state index in [0.717, 1.165) is 111 Å². The first-order chi connectivity index (χ1) is 28.6. The number of carbonyl (C=O) groups is 3. The van der Waals surface area contributed by atoms with Gasteiger partial charge in [-0.2, -0.15) is 25.3 Å². The molecule has 3 aromatic carbocycles. The molecular formula is C39H55ClNNa3O18S3. The Morgan fingerprint density at radius 1 is 0.477 bits per heavy atom. The van der Waals surface area contributed by atoms with Gasteiger partial charge in [0.1, 0.15) is 17.2 Å². The molecule has 352 valence electrons. The minimum Gasteiger partial charge on any atom is -1.00 e. The number of ether oxygens (including phenoxy) is 6. The fourth-order valence-electron chi connectivity index (χ4n) is 6.42. The molecule has 0 aliphatic rings. The second-order valence-corrected chi connectivity index (χ2v) is 18.2. The summed E-state index contributed by atoms with van der Waals surface area (Å²) in [7, 11) is -13.6. The molecular weight excluding hydrogens is 971 g/mol. The van der Waals surface area contributed by atoms with Crippen molar-refractivity contribution >= 4 is 48.8 Å². The molecule has 26 heteroatoms. The molecule has 0 saturated carbocycles. The predicted octanol–water partition coefficient (Wildman–Crippen LogP) is -3.50. The maximum Gasteiger partial charge on any atom is 1.00 e. The summed E-state index contributed by atoms with van der Waals surface area (Å²) in [5.74, 6) is -0.505. The van der Waals surface area contributed by atoms with Gasteiger partial charge in [0.25, 0.3) is 30.4 Å². The van der Waals surface area contributed by atoms with Crippen molar-refractivity contribution < 1.29 is 192 Å². The van der Waals surface area contributed by atoms with Crippen molar-refractivity contribution in [1.29, 1.82) is 0 Å². The van der Waals surface area contributed by atoms with Gasteiger partial charge in [-0.05, 0) is 85.6 Å². The van der Waals surface area contributed by atoms with Crippen LogP contribution in [0.15, 0.2) is 87.5 Å². The zero-order valence-electron chi connectivity index (χ0n) is 40.5. The molecule has 3 N–H and O–H groups in total. The topological polar surface area (TPSA) is 270 Å². The van der Waals surface area contributed by atoms with Gasteiger partial charge in [0.2, 0.25) is 18.7 Å². The summed E-state index contributed by atoms with van der Waals surface area (Å²) < 4.78 is 129. The van der Waals surface area contributed by atoms with Crippen LogP contribution in [-0.4, -0.2) is 87.1 Å². The summed E-state index contributed by atoms with van der Waals surface area (Å²) in [5.41, 5.74) is 0. The number of nitrogens with zero attached hydrogens (tertiary/aromatic N) is 1. The molecule has 0 aliphatic carbocycles. The van der Waals surface area contributed by atoms with Crippen molar-refractivity contribution in [2.45, 2.75) is 125 Å². The van der Waals surface area contributed by atoms with E-state index >= 15 is 0 Å². The van der Waals surface area contributed by atoms with Crippen LogP contribution >= 0.6 is 0 Å². The summed E-state index contributed by atoms with van der Waals surface area (Å²) in [4.78, 5) is 38.4. The number of hydrogen-bond donors (Lipinski definition) is 3. The zero-order chi connectivity index (χ0) is 45.4. The summed E-state index contributed by atoms with van der Waals surface area (Å²) in [5, 5.41) is 0. The summed E-state index contributed by atoms with van der Waals surface area (Å²) in [6, 6.07) is 12.5. The average Bonchev–Trinajstić information content (AvgIpc) is 3.16. The van der Waals surface area contributed by atoms with Crippen molar-refractivity contribution in [2.24, 2.45) is 0 Å². The Balaban J connectivity index is -0.00000189. The normalized spacial score (nSPS) is 13.5. The van der Waals surface area contributed by atoms with Crippen molar-refractivity contribution in [3.8, 4) is 17.2 Å². The average molecular weight is 1030 g/mol. The first kappa shape index (κ1) is 65.5. The molecule has 0 aromatic heterocycles. The number of benzene rings is 3. The molecule has 65 heavy (non-hydrogen) atoms. The fraction of sp³-hybridized carbons (Fsp3) is 0.462. The Labute approximate surface area is 457 Å². The van der Waals surface area contributed by atoms with E-state index in [4.69, 9.17) is 28.4 Å². The third kappa shape index (κ3) is 22.2. The summed E-state index contributed by atoms with van der Waals surface area (Å²) in [6.45, 7) is 6.42. The largest absolute Gasteiger partial charge is 1.00 e. The van der Waals surface area contributed by atoms with Crippen LogP contribution in [0, 0.1) is 0 Å².